The molecule has 158 valence electrons. The molecule has 0 saturated carbocycles. The molecule has 7 nitrogen and oxygen atoms in total. The van der Waals surface area contributed by atoms with E-state index in [1.807, 2.05) is 43.3 Å². The zero-order valence-electron chi connectivity index (χ0n) is 16.8. The number of nitrogens with zero attached hydrogens (tertiary/aromatic N) is 4. The molecule has 0 aliphatic carbocycles. The lowest BCUT2D eigenvalue weighted by atomic mass is 10.2. The molecule has 2 aromatic heterocycles. The summed E-state index contributed by atoms with van der Waals surface area (Å²) in [6.07, 6.45) is 0. The minimum atomic E-state index is -0.300. The van der Waals surface area contributed by atoms with Crippen molar-refractivity contribution in [1.82, 2.24) is 25.1 Å². The van der Waals surface area contributed by atoms with E-state index < -0.39 is 0 Å². The number of nitrogens with one attached hydrogen (secondary N) is 1. The van der Waals surface area contributed by atoms with Crippen LogP contribution in [0.3, 0.4) is 0 Å². The van der Waals surface area contributed by atoms with E-state index in [1.165, 1.54) is 23.9 Å². The molecule has 2 aromatic carbocycles. The molecule has 0 bridgehead atoms. The Bertz CT molecular complexity index is 1180. The van der Waals surface area contributed by atoms with Crippen LogP contribution >= 0.6 is 11.8 Å². The molecule has 4 rings (SSSR count). The number of fused-ring (bicyclic) bond motifs is 1. The lowest BCUT2D eigenvalue weighted by molar-refractivity contribution is -0.118. The van der Waals surface area contributed by atoms with Crippen molar-refractivity contribution in [3.05, 3.63) is 72.0 Å². The van der Waals surface area contributed by atoms with E-state index in [4.69, 9.17) is 4.74 Å². The zero-order valence-corrected chi connectivity index (χ0v) is 17.6. The third-order valence-corrected chi connectivity index (χ3v) is 5.34. The van der Waals surface area contributed by atoms with Crippen LogP contribution in [-0.4, -0.2) is 38.1 Å². The van der Waals surface area contributed by atoms with Gasteiger partial charge in [0.25, 0.3) is 0 Å². The van der Waals surface area contributed by atoms with Crippen molar-refractivity contribution in [2.75, 3.05) is 12.4 Å². The number of hydrogen-bond donors (Lipinski definition) is 1. The summed E-state index contributed by atoms with van der Waals surface area (Å²) in [4.78, 5) is 12.2. The van der Waals surface area contributed by atoms with Gasteiger partial charge in [0.1, 0.15) is 16.6 Å². The maximum atomic E-state index is 13.0. The molecular formula is C22H20FN5O2S. The van der Waals surface area contributed by atoms with Crippen LogP contribution < -0.4 is 10.1 Å². The second-order valence-electron chi connectivity index (χ2n) is 6.61. The van der Waals surface area contributed by atoms with Gasteiger partial charge in [-0.15, -0.1) is 10.2 Å². The van der Waals surface area contributed by atoms with Gasteiger partial charge in [0.05, 0.1) is 12.4 Å². The zero-order chi connectivity index (χ0) is 21.6. The van der Waals surface area contributed by atoms with Crippen molar-refractivity contribution in [3.63, 3.8) is 0 Å². The Balaban J connectivity index is 1.41. The smallest absolute Gasteiger partial charge is 0.230 e. The molecule has 0 atom stereocenters. The summed E-state index contributed by atoms with van der Waals surface area (Å²) in [7, 11) is 0. The summed E-state index contributed by atoms with van der Waals surface area (Å²) in [5.74, 6) is 1.18. The highest BCUT2D eigenvalue weighted by molar-refractivity contribution is 7.99. The molecule has 0 aliphatic rings. The topological polar surface area (TPSA) is 81.4 Å². The number of carbonyl (C=O) groups is 1. The summed E-state index contributed by atoms with van der Waals surface area (Å²) < 4.78 is 20.1. The number of thioether (sulfide) groups is 1. The SMILES string of the molecule is CCOc1ccc(-c2nnc3ccc(SCC(=O)NCc4ccc(F)cc4)nn23)cc1. The lowest BCUT2D eigenvalue weighted by Gasteiger charge is -2.06. The number of carbonyl (C=O) groups excluding carboxylic acids is 1. The number of ether oxygens (including phenoxy) is 1. The van der Waals surface area contributed by atoms with E-state index in [2.05, 4.69) is 20.6 Å². The van der Waals surface area contributed by atoms with E-state index in [1.54, 1.807) is 16.6 Å². The van der Waals surface area contributed by atoms with E-state index in [0.717, 1.165) is 16.9 Å². The second kappa shape index (κ2) is 9.57. The van der Waals surface area contributed by atoms with Crippen molar-refractivity contribution < 1.29 is 13.9 Å². The molecule has 0 radical (unpaired) electrons. The standard InChI is InChI=1S/C22H20FN5O2S/c1-2-30-18-9-5-16(6-10-18)22-26-25-19-11-12-21(27-28(19)22)31-14-20(29)24-13-15-3-7-17(23)8-4-15/h3-12H,2,13-14H2,1H3,(H,24,29). The molecule has 1 amide bonds. The predicted molar refractivity (Wildman–Crippen MR) is 116 cm³/mol. The van der Waals surface area contributed by atoms with Gasteiger partial charge in [-0.3, -0.25) is 4.79 Å². The number of rotatable bonds is 8. The van der Waals surface area contributed by atoms with Gasteiger partial charge in [0, 0.05) is 12.1 Å². The number of benzene rings is 2. The van der Waals surface area contributed by atoms with Crippen LogP contribution in [-0.2, 0) is 11.3 Å². The first kappa shape index (κ1) is 20.8. The fourth-order valence-electron chi connectivity index (χ4n) is 2.89. The largest absolute Gasteiger partial charge is 0.494 e. The quantitative estimate of drug-likeness (QED) is 0.423. The summed E-state index contributed by atoms with van der Waals surface area (Å²) in [5.41, 5.74) is 2.32. The fraction of sp³-hybridized carbons (Fsp3) is 0.182. The van der Waals surface area contributed by atoms with Crippen LogP contribution in [0.25, 0.3) is 17.0 Å². The van der Waals surface area contributed by atoms with Gasteiger partial charge < -0.3 is 10.1 Å². The van der Waals surface area contributed by atoms with Crippen LogP contribution in [0.2, 0.25) is 0 Å². The average Bonchev–Trinajstić information content (AvgIpc) is 3.21. The van der Waals surface area contributed by atoms with E-state index in [-0.39, 0.29) is 17.5 Å². The van der Waals surface area contributed by atoms with Crippen LogP contribution in [0.5, 0.6) is 5.75 Å². The van der Waals surface area contributed by atoms with Crippen molar-refractivity contribution in [2.45, 2.75) is 18.5 Å². The molecule has 9 heteroatoms. The van der Waals surface area contributed by atoms with Crippen LogP contribution in [0.15, 0.2) is 65.7 Å². The molecule has 0 saturated heterocycles. The number of halogens is 1. The Morgan fingerprint density at radius 2 is 1.84 bits per heavy atom. The van der Waals surface area contributed by atoms with E-state index in [9.17, 15) is 9.18 Å². The van der Waals surface area contributed by atoms with Crippen LogP contribution in [0.4, 0.5) is 4.39 Å². The fourth-order valence-corrected chi connectivity index (χ4v) is 3.57. The number of aromatic nitrogens is 4. The van der Waals surface area contributed by atoms with E-state index in [0.29, 0.717) is 29.6 Å². The van der Waals surface area contributed by atoms with Gasteiger partial charge in [-0.2, -0.15) is 9.61 Å². The minimum Gasteiger partial charge on any atom is -0.494 e. The van der Waals surface area contributed by atoms with Gasteiger partial charge in [-0.25, -0.2) is 4.39 Å². The summed E-state index contributed by atoms with van der Waals surface area (Å²) in [6.45, 7) is 2.89. The van der Waals surface area contributed by atoms with Gasteiger partial charge in [-0.1, -0.05) is 23.9 Å². The third-order valence-electron chi connectivity index (χ3n) is 4.42. The van der Waals surface area contributed by atoms with Gasteiger partial charge >= 0.3 is 0 Å². The maximum absolute atomic E-state index is 13.0. The second-order valence-corrected chi connectivity index (χ2v) is 7.61. The van der Waals surface area contributed by atoms with Crippen molar-refractivity contribution in [2.24, 2.45) is 0 Å². The highest BCUT2D eigenvalue weighted by atomic mass is 32.2. The Morgan fingerprint density at radius 3 is 2.58 bits per heavy atom. The first-order valence-electron chi connectivity index (χ1n) is 9.72. The van der Waals surface area contributed by atoms with Crippen LogP contribution in [0, 0.1) is 5.82 Å². The molecular weight excluding hydrogens is 417 g/mol. The Kier molecular flexibility index (Phi) is 6.42. The number of amides is 1. The summed E-state index contributed by atoms with van der Waals surface area (Å²) in [5, 5.41) is 16.5. The molecule has 4 aromatic rings. The maximum Gasteiger partial charge on any atom is 0.230 e. The monoisotopic (exact) mass is 437 g/mol. The average molecular weight is 438 g/mol. The molecule has 2 heterocycles. The van der Waals surface area contributed by atoms with Crippen molar-refractivity contribution in [3.8, 4) is 17.1 Å². The van der Waals surface area contributed by atoms with E-state index >= 15 is 0 Å². The molecule has 0 aliphatic heterocycles. The first-order chi connectivity index (χ1) is 15.1. The molecule has 31 heavy (non-hydrogen) atoms. The van der Waals surface area contributed by atoms with Gasteiger partial charge in [0.15, 0.2) is 11.5 Å². The van der Waals surface area contributed by atoms with Gasteiger partial charge in [-0.05, 0) is 61.0 Å². The Labute approximate surface area is 182 Å². The van der Waals surface area contributed by atoms with Crippen LogP contribution in [0.1, 0.15) is 12.5 Å². The summed E-state index contributed by atoms with van der Waals surface area (Å²) in [6, 6.07) is 17.2. The third kappa shape index (κ3) is 5.18. The first-order valence-corrected chi connectivity index (χ1v) is 10.7. The summed E-state index contributed by atoms with van der Waals surface area (Å²) >= 11 is 1.32. The highest BCUT2D eigenvalue weighted by Gasteiger charge is 2.11. The Hall–Kier alpha value is -3.46. The molecule has 1 N–H and O–H groups in total. The van der Waals surface area contributed by atoms with Crippen molar-refractivity contribution >= 4 is 23.3 Å². The number of hydrogen-bond acceptors (Lipinski definition) is 6. The minimum absolute atomic E-state index is 0.133. The normalized spacial score (nSPS) is 10.9. The predicted octanol–water partition coefficient (Wildman–Crippen LogP) is 3.74. The lowest BCUT2D eigenvalue weighted by Crippen LogP contribution is -2.24. The molecule has 0 unspecified atom stereocenters. The Morgan fingerprint density at radius 1 is 1.06 bits per heavy atom. The van der Waals surface area contributed by atoms with Crippen molar-refractivity contribution in [1.29, 1.82) is 0 Å². The highest BCUT2D eigenvalue weighted by Crippen LogP contribution is 2.23. The molecule has 0 spiro atoms. The molecule has 0 fully saturated rings. The van der Waals surface area contributed by atoms with Gasteiger partial charge in [0.2, 0.25) is 5.91 Å².